The van der Waals surface area contributed by atoms with Gasteiger partial charge in [-0.05, 0) is 32.8 Å². The third kappa shape index (κ3) is 4.08. The monoisotopic (exact) mass is 379 g/mol. The number of piperidine rings is 1. The van der Waals surface area contributed by atoms with E-state index in [0.717, 1.165) is 0 Å². The Morgan fingerprint density at radius 1 is 1.44 bits per heavy atom. The SMILES string of the molecule is C[C@H]1CNC[C@@H](NC(=O)OC(C)(C)C)[C@]1(c1ccncc1N)N(C)C(=O)O. The molecule has 27 heavy (non-hydrogen) atoms. The first-order valence-corrected chi connectivity index (χ1v) is 8.87. The predicted molar refractivity (Wildman–Crippen MR) is 101 cm³/mol. The van der Waals surface area contributed by atoms with Crippen LogP contribution in [0.2, 0.25) is 0 Å². The number of nitrogens with one attached hydrogen (secondary N) is 2. The molecule has 9 heteroatoms. The lowest BCUT2D eigenvalue weighted by molar-refractivity contribution is -0.00108. The third-order valence-corrected chi connectivity index (χ3v) is 4.90. The molecule has 1 aliphatic heterocycles. The number of hydrogen-bond donors (Lipinski definition) is 4. The minimum Gasteiger partial charge on any atom is -0.465 e. The van der Waals surface area contributed by atoms with Crippen LogP contribution in [-0.4, -0.2) is 59.0 Å². The minimum atomic E-state index is -1.11. The van der Waals surface area contributed by atoms with Gasteiger partial charge in [0.15, 0.2) is 0 Å². The maximum Gasteiger partial charge on any atom is 0.408 e. The van der Waals surface area contributed by atoms with Crippen LogP contribution in [-0.2, 0) is 10.3 Å². The second kappa shape index (κ2) is 7.59. The van der Waals surface area contributed by atoms with Gasteiger partial charge < -0.3 is 26.2 Å². The van der Waals surface area contributed by atoms with Crippen LogP contribution in [0.25, 0.3) is 0 Å². The number of amides is 2. The molecule has 0 aromatic carbocycles. The van der Waals surface area contributed by atoms with Crippen molar-refractivity contribution in [1.82, 2.24) is 20.5 Å². The van der Waals surface area contributed by atoms with Crippen LogP contribution in [0.15, 0.2) is 18.5 Å². The minimum absolute atomic E-state index is 0.183. The first-order valence-electron chi connectivity index (χ1n) is 8.87. The second-order valence-corrected chi connectivity index (χ2v) is 7.89. The molecule has 3 atom stereocenters. The average Bonchev–Trinajstić information content (AvgIpc) is 2.54. The van der Waals surface area contributed by atoms with E-state index in [4.69, 9.17) is 10.5 Å². The Balaban J connectivity index is 2.56. The number of aromatic nitrogens is 1. The number of pyridine rings is 1. The van der Waals surface area contributed by atoms with Crippen LogP contribution in [0.4, 0.5) is 15.3 Å². The van der Waals surface area contributed by atoms with Gasteiger partial charge in [-0.3, -0.25) is 9.88 Å². The number of carboxylic acid groups (broad SMARTS) is 1. The summed E-state index contributed by atoms with van der Waals surface area (Å²) in [5.41, 5.74) is 5.41. The zero-order valence-electron chi connectivity index (χ0n) is 16.4. The molecule has 1 aromatic rings. The van der Waals surface area contributed by atoms with Gasteiger partial charge in [0.25, 0.3) is 0 Å². The van der Waals surface area contributed by atoms with E-state index in [1.54, 1.807) is 33.0 Å². The molecule has 2 amide bonds. The molecule has 150 valence electrons. The van der Waals surface area contributed by atoms with Crippen molar-refractivity contribution in [3.63, 3.8) is 0 Å². The highest BCUT2D eigenvalue weighted by Crippen LogP contribution is 2.42. The maximum absolute atomic E-state index is 12.5. The van der Waals surface area contributed by atoms with E-state index >= 15 is 0 Å². The van der Waals surface area contributed by atoms with Crippen LogP contribution in [0.3, 0.4) is 0 Å². The molecule has 9 nitrogen and oxygen atoms in total. The summed E-state index contributed by atoms with van der Waals surface area (Å²) in [6.45, 7) is 8.16. The number of alkyl carbamates (subject to hydrolysis) is 1. The van der Waals surface area contributed by atoms with E-state index in [0.29, 0.717) is 24.3 Å². The molecule has 0 spiro atoms. The smallest absolute Gasteiger partial charge is 0.408 e. The van der Waals surface area contributed by atoms with Crippen molar-refractivity contribution in [2.45, 2.75) is 44.9 Å². The Bertz CT molecular complexity index is 705. The van der Waals surface area contributed by atoms with Crippen molar-refractivity contribution >= 4 is 17.9 Å². The van der Waals surface area contributed by atoms with Gasteiger partial charge in [0, 0.05) is 31.9 Å². The van der Waals surface area contributed by atoms with E-state index < -0.39 is 29.4 Å². The van der Waals surface area contributed by atoms with Crippen molar-refractivity contribution < 1.29 is 19.4 Å². The van der Waals surface area contributed by atoms with Crippen LogP contribution < -0.4 is 16.4 Å². The standard InChI is InChI=1S/C18H29N5O4/c1-11-8-21-10-14(22-15(24)27-17(2,3)4)18(11,23(5)16(25)26)12-6-7-20-9-13(12)19/h6-7,9,11,14,21H,8,10,19H2,1-5H3,(H,22,24)(H,25,26)/t11-,14+,18-/m0/s1. The number of likely N-dealkylation sites (N-methyl/N-ethyl adjacent to an activating group) is 1. The highest BCUT2D eigenvalue weighted by Gasteiger charge is 2.54. The highest BCUT2D eigenvalue weighted by molar-refractivity contribution is 5.71. The summed E-state index contributed by atoms with van der Waals surface area (Å²) in [4.78, 5) is 29.7. The van der Waals surface area contributed by atoms with Crippen molar-refractivity contribution in [1.29, 1.82) is 0 Å². The molecule has 1 aliphatic rings. The van der Waals surface area contributed by atoms with Gasteiger partial charge in [-0.25, -0.2) is 9.59 Å². The number of nitrogen functional groups attached to an aromatic ring is 1. The van der Waals surface area contributed by atoms with Crippen LogP contribution in [0.1, 0.15) is 33.3 Å². The van der Waals surface area contributed by atoms with E-state index in [9.17, 15) is 14.7 Å². The predicted octanol–water partition coefficient (Wildman–Crippen LogP) is 1.60. The van der Waals surface area contributed by atoms with Crippen molar-refractivity contribution in [3.05, 3.63) is 24.0 Å². The highest BCUT2D eigenvalue weighted by atomic mass is 16.6. The Morgan fingerprint density at radius 3 is 2.67 bits per heavy atom. The van der Waals surface area contributed by atoms with Gasteiger partial charge in [0.1, 0.15) is 5.60 Å². The van der Waals surface area contributed by atoms with Gasteiger partial charge in [-0.2, -0.15) is 0 Å². The van der Waals surface area contributed by atoms with E-state index in [1.807, 2.05) is 6.92 Å². The Hall–Kier alpha value is -2.55. The molecule has 0 saturated carbocycles. The summed E-state index contributed by atoms with van der Waals surface area (Å²) in [7, 11) is 1.49. The van der Waals surface area contributed by atoms with E-state index in [2.05, 4.69) is 15.6 Å². The topological polar surface area (TPSA) is 130 Å². The van der Waals surface area contributed by atoms with Crippen LogP contribution in [0.5, 0.6) is 0 Å². The molecule has 0 unspecified atom stereocenters. The first-order chi connectivity index (χ1) is 12.5. The number of hydrogen-bond acceptors (Lipinski definition) is 6. The summed E-state index contributed by atoms with van der Waals surface area (Å²) in [6.07, 6.45) is 1.34. The zero-order chi connectivity index (χ0) is 20.4. The normalized spacial score (nSPS) is 25.5. The van der Waals surface area contributed by atoms with Gasteiger partial charge in [0.2, 0.25) is 0 Å². The van der Waals surface area contributed by atoms with E-state index in [1.165, 1.54) is 18.1 Å². The fraction of sp³-hybridized carbons (Fsp3) is 0.611. The molecule has 2 heterocycles. The number of nitrogens with two attached hydrogens (primary N) is 1. The summed E-state index contributed by atoms with van der Waals surface area (Å²) < 4.78 is 5.39. The lowest BCUT2D eigenvalue weighted by Gasteiger charge is -2.53. The van der Waals surface area contributed by atoms with Crippen LogP contribution in [0, 0.1) is 5.92 Å². The molecule has 0 aliphatic carbocycles. The number of carbonyl (C=O) groups excluding carboxylic acids is 1. The fourth-order valence-corrected chi connectivity index (χ4v) is 3.84. The van der Waals surface area contributed by atoms with Gasteiger partial charge in [-0.1, -0.05) is 6.92 Å². The molecule has 2 rings (SSSR count). The lowest BCUT2D eigenvalue weighted by Crippen LogP contribution is -2.70. The zero-order valence-corrected chi connectivity index (χ0v) is 16.4. The van der Waals surface area contributed by atoms with Crippen molar-refractivity contribution in [3.8, 4) is 0 Å². The molecule has 5 N–H and O–H groups in total. The van der Waals surface area contributed by atoms with Crippen molar-refractivity contribution in [2.24, 2.45) is 5.92 Å². The molecule has 1 fully saturated rings. The average molecular weight is 379 g/mol. The summed E-state index contributed by atoms with van der Waals surface area (Å²) in [5, 5.41) is 15.9. The quantitative estimate of drug-likeness (QED) is 0.627. The fourth-order valence-electron chi connectivity index (χ4n) is 3.84. The Morgan fingerprint density at radius 2 is 2.11 bits per heavy atom. The number of ether oxygens (including phenoxy) is 1. The maximum atomic E-state index is 12.5. The molecule has 0 radical (unpaired) electrons. The number of rotatable bonds is 3. The summed E-state index contributed by atoms with van der Waals surface area (Å²) >= 11 is 0. The molecular formula is C18H29N5O4. The number of carbonyl (C=O) groups is 2. The molecule has 1 saturated heterocycles. The van der Waals surface area contributed by atoms with Crippen molar-refractivity contribution in [2.75, 3.05) is 25.9 Å². The first kappa shape index (κ1) is 20.8. The lowest BCUT2D eigenvalue weighted by atomic mass is 9.69. The summed E-state index contributed by atoms with van der Waals surface area (Å²) in [5.74, 6) is -0.183. The van der Waals surface area contributed by atoms with Gasteiger partial charge >= 0.3 is 12.2 Å². The molecule has 0 bridgehead atoms. The number of anilines is 1. The Labute approximate surface area is 159 Å². The summed E-state index contributed by atoms with van der Waals surface area (Å²) in [6, 6.07) is 1.11. The molecular weight excluding hydrogens is 350 g/mol. The number of nitrogens with zero attached hydrogens (tertiary/aromatic N) is 2. The van der Waals surface area contributed by atoms with E-state index in [-0.39, 0.29) is 5.92 Å². The second-order valence-electron chi connectivity index (χ2n) is 7.89. The third-order valence-electron chi connectivity index (χ3n) is 4.90. The molecule has 1 aromatic heterocycles. The van der Waals surface area contributed by atoms with Crippen LogP contribution >= 0.6 is 0 Å². The Kier molecular flexibility index (Phi) is 5.84. The largest absolute Gasteiger partial charge is 0.465 e. The van der Waals surface area contributed by atoms with Gasteiger partial charge in [-0.15, -0.1) is 0 Å². The van der Waals surface area contributed by atoms with Gasteiger partial charge in [0.05, 0.1) is 23.5 Å².